The molecule has 0 unspecified atom stereocenters. The number of benzene rings is 2. The molecule has 0 radical (unpaired) electrons. The highest BCUT2D eigenvalue weighted by Gasteiger charge is 2.14. The number of nitrogens with one attached hydrogen (secondary N) is 1. The zero-order valence-corrected chi connectivity index (χ0v) is 16.5. The van der Waals surface area contributed by atoms with E-state index in [9.17, 15) is 0 Å². The second-order valence-electron chi connectivity index (χ2n) is 7.43. The summed E-state index contributed by atoms with van der Waals surface area (Å²) in [5, 5.41) is 4.84. The Morgan fingerprint density at radius 1 is 0.962 bits per heavy atom. The standard InChI is InChI=1S/C24H28N2/c1-16-11-19(4)24(20(5)12-16)26-25-23(22-9-7-6-8-10-22)15-21-13-17(2)18(3)14-21/h6-13,26H,14-15H2,1-5H3. The van der Waals surface area contributed by atoms with E-state index in [-0.39, 0.29) is 0 Å². The molecule has 2 heteroatoms. The highest BCUT2D eigenvalue weighted by atomic mass is 15.3. The number of aryl methyl sites for hydroxylation is 3. The van der Waals surface area contributed by atoms with E-state index < -0.39 is 0 Å². The molecule has 0 saturated heterocycles. The highest BCUT2D eigenvalue weighted by molar-refractivity contribution is 6.02. The third-order valence-electron chi connectivity index (χ3n) is 5.07. The van der Waals surface area contributed by atoms with E-state index in [1.807, 2.05) is 6.07 Å². The summed E-state index contributed by atoms with van der Waals surface area (Å²) >= 11 is 0. The first-order valence-corrected chi connectivity index (χ1v) is 9.25. The van der Waals surface area contributed by atoms with Gasteiger partial charge in [0.2, 0.25) is 0 Å². The second kappa shape index (κ2) is 7.74. The Kier molecular flexibility index (Phi) is 5.41. The van der Waals surface area contributed by atoms with Crippen molar-refractivity contribution in [2.24, 2.45) is 5.10 Å². The van der Waals surface area contributed by atoms with Gasteiger partial charge < -0.3 is 0 Å². The van der Waals surface area contributed by atoms with E-state index in [2.05, 4.69) is 82.5 Å². The van der Waals surface area contributed by atoms with E-state index in [0.29, 0.717) is 0 Å². The van der Waals surface area contributed by atoms with E-state index in [1.165, 1.54) is 39.0 Å². The lowest BCUT2D eigenvalue weighted by Crippen LogP contribution is -2.07. The lowest BCUT2D eigenvalue weighted by Gasteiger charge is -2.13. The maximum absolute atomic E-state index is 4.84. The molecule has 26 heavy (non-hydrogen) atoms. The van der Waals surface area contributed by atoms with Crippen molar-refractivity contribution in [3.63, 3.8) is 0 Å². The maximum atomic E-state index is 4.84. The third kappa shape index (κ3) is 4.13. The highest BCUT2D eigenvalue weighted by Crippen LogP contribution is 2.28. The van der Waals surface area contributed by atoms with Crippen LogP contribution in [0.15, 0.2) is 70.4 Å². The molecular weight excluding hydrogens is 316 g/mol. The van der Waals surface area contributed by atoms with E-state index in [4.69, 9.17) is 5.10 Å². The number of allylic oxidation sites excluding steroid dienone is 4. The van der Waals surface area contributed by atoms with Crippen LogP contribution in [0.25, 0.3) is 0 Å². The van der Waals surface area contributed by atoms with Gasteiger partial charge in [-0.2, -0.15) is 5.10 Å². The summed E-state index contributed by atoms with van der Waals surface area (Å²) in [7, 11) is 0. The Bertz CT molecular complexity index is 876. The minimum atomic E-state index is 0.871. The molecule has 0 heterocycles. The lowest BCUT2D eigenvalue weighted by molar-refractivity contribution is 1.09. The van der Waals surface area contributed by atoms with Crippen molar-refractivity contribution in [3.05, 3.63) is 87.5 Å². The van der Waals surface area contributed by atoms with Gasteiger partial charge >= 0.3 is 0 Å². The number of hydrogen-bond donors (Lipinski definition) is 1. The summed E-state index contributed by atoms with van der Waals surface area (Å²) in [6, 6.07) is 14.9. The number of rotatable bonds is 5. The van der Waals surface area contributed by atoms with Crippen LogP contribution in [-0.4, -0.2) is 5.71 Å². The summed E-state index contributed by atoms with van der Waals surface area (Å²) in [6.07, 6.45) is 4.24. The van der Waals surface area contributed by atoms with Gasteiger partial charge in [0, 0.05) is 6.42 Å². The van der Waals surface area contributed by atoms with Crippen molar-refractivity contribution in [3.8, 4) is 0 Å². The van der Waals surface area contributed by atoms with Crippen LogP contribution in [0.3, 0.4) is 0 Å². The van der Waals surface area contributed by atoms with Gasteiger partial charge in [0.25, 0.3) is 0 Å². The van der Waals surface area contributed by atoms with Crippen molar-refractivity contribution in [2.45, 2.75) is 47.5 Å². The number of hydrogen-bond acceptors (Lipinski definition) is 2. The van der Waals surface area contributed by atoms with Crippen molar-refractivity contribution < 1.29 is 0 Å². The van der Waals surface area contributed by atoms with Gasteiger partial charge in [-0.1, -0.05) is 70.8 Å². The van der Waals surface area contributed by atoms with Crippen LogP contribution in [0.4, 0.5) is 5.69 Å². The molecule has 0 aromatic heterocycles. The quantitative estimate of drug-likeness (QED) is 0.487. The molecule has 0 atom stereocenters. The van der Waals surface area contributed by atoms with Gasteiger partial charge in [-0.25, -0.2) is 0 Å². The predicted molar refractivity (Wildman–Crippen MR) is 113 cm³/mol. The number of hydrazone groups is 1. The van der Waals surface area contributed by atoms with Gasteiger partial charge in [0.05, 0.1) is 11.4 Å². The van der Waals surface area contributed by atoms with Crippen molar-refractivity contribution >= 4 is 11.4 Å². The lowest BCUT2D eigenvalue weighted by atomic mass is 10.0. The summed E-state index contributed by atoms with van der Waals surface area (Å²) in [5.41, 5.74) is 14.7. The minimum Gasteiger partial charge on any atom is -0.278 e. The first-order chi connectivity index (χ1) is 12.4. The monoisotopic (exact) mass is 344 g/mol. The zero-order chi connectivity index (χ0) is 18.7. The molecule has 1 aliphatic rings. The molecular formula is C24H28N2. The fourth-order valence-electron chi connectivity index (χ4n) is 3.61. The Morgan fingerprint density at radius 2 is 1.62 bits per heavy atom. The van der Waals surface area contributed by atoms with Crippen LogP contribution >= 0.6 is 0 Å². The number of nitrogens with zero attached hydrogens (tertiary/aromatic N) is 1. The first kappa shape index (κ1) is 18.2. The average molecular weight is 345 g/mol. The molecule has 0 saturated carbocycles. The SMILES string of the molecule is CC1=C(C)CC(CC(=NNc2c(C)cc(C)cc2C)c2ccccc2)=C1. The summed E-state index contributed by atoms with van der Waals surface area (Å²) in [6.45, 7) is 10.8. The third-order valence-corrected chi connectivity index (χ3v) is 5.07. The normalized spacial score (nSPS) is 14.7. The molecule has 2 nitrogen and oxygen atoms in total. The molecule has 1 N–H and O–H groups in total. The largest absolute Gasteiger partial charge is 0.278 e. The van der Waals surface area contributed by atoms with Gasteiger partial charge in [0.15, 0.2) is 0 Å². The number of anilines is 1. The molecule has 0 bridgehead atoms. The molecule has 0 spiro atoms. The molecule has 0 amide bonds. The van der Waals surface area contributed by atoms with Gasteiger partial charge in [0.1, 0.15) is 0 Å². The molecule has 0 fully saturated rings. The van der Waals surface area contributed by atoms with Gasteiger partial charge in [-0.05, 0) is 57.7 Å². The molecule has 1 aliphatic carbocycles. The molecule has 3 rings (SSSR count). The van der Waals surface area contributed by atoms with Crippen molar-refractivity contribution in [1.29, 1.82) is 0 Å². The van der Waals surface area contributed by atoms with Gasteiger partial charge in [-0.15, -0.1) is 0 Å². The average Bonchev–Trinajstić information content (AvgIpc) is 2.91. The molecule has 134 valence electrons. The Morgan fingerprint density at radius 3 is 2.19 bits per heavy atom. The van der Waals surface area contributed by atoms with Crippen molar-refractivity contribution in [1.82, 2.24) is 0 Å². The molecule has 2 aromatic carbocycles. The van der Waals surface area contributed by atoms with Crippen LogP contribution in [0.2, 0.25) is 0 Å². The smallest absolute Gasteiger partial charge is 0.0720 e. The second-order valence-corrected chi connectivity index (χ2v) is 7.43. The first-order valence-electron chi connectivity index (χ1n) is 9.25. The summed E-state index contributed by atoms with van der Waals surface area (Å²) in [5.74, 6) is 0. The maximum Gasteiger partial charge on any atom is 0.0720 e. The van der Waals surface area contributed by atoms with E-state index in [1.54, 1.807) is 0 Å². The van der Waals surface area contributed by atoms with Crippen LogP contribution < -0.4 is 5.43 Å². The van der Waals surface area contributed by atoms with Crippen LogP contribution in [-0.2, 0) is 0 Å². The summed E-state index contributed by atoms with van der Waals surface area (Å²) < 4.78 is 0. The Hall–Kier alpha value is -2.61. The van der Waals surface area contributed by atoms with Crippen LogP contribution in [0.1, 0.15) is 48.9 Å². The topological polar surface area (TPSA) is 24.4 Å². The fourth-order valence-corrected chi connectivity index (χ4v) is 3.61. The molecule has 2 aromatic rings. The fraction of sp³-hybridized carbons (Fsp3) is 0.292. The Labute approximate surface area is 157 Å². The zero-order valence-electron chi connectivity index (χ0n) is 16.5. The van der Waals surface area contributed by atoms with Crippen LogP contribution in [0, 0.1) is 20.8 Å². The Balaban J connectivity index is 1.89. The molecule has 0 aliphatic heterocycles. The predicted octanol–water partition coefficient (Wildman–Crippen LogP) is 6.48. The van der Waals surface area contributed by atoms with E-state index >= 15 is 0 Å². The van der Waals surface area contributed by atoms with Crippen LogP contribution in [0.5, 0.6) is 0 Å². The van der Waals surface area contributed by atoms with Gasteiger partial charge in [-0.3, -0.25) is 5.43 Å². The summed E-state index contributed by atoms with van der Waals surface area (Å²) in [4.78, 5) is 0. The van der Waals surface area contributed by atoms with E-state index in [0.717, 1.165) is 24.2 Å². The van der Waals surface area contributed by atoms with Crippen molar-refractivity contribution in [2.75, 3.05) is 5.43 Å². The minimum absolute atomic E-state index is 0.871.